The van der Waals surface area contributed by atoms with E-state index in [9.17, 15) is 0 Å². The zero-order chi connectivity index (χ0) is 13.2. The van der Waals surface area contributed by atoms with Gasteiger partial charge < -0.3 is 14.8 Å². The van der Waals surface area contributed by atoms with Gasteiger partial charge in [0, 0.05) is 19.2 Å². The highest BCUT2D eigenvalue weighted by Gasteiger charge is 2.37. The molecule has 1 aromatic rings. The molecule has 0 radical (unpaired) electrons. The first-order valence-corrected chi connectivity index (χ1v) is 7.23. The van der Waals surface area contributed by atoms with Gasteiger partial charge in [0.25, 0.3) is 0 Å². The van der Waals surface area contributed by atoms with Gasteiger partial charge in [-0.05, 0) is 49.3 Å². The first-order valence-electron chi connectivity index (χ1n) is 7.23. The van der Waals surface area contributed by atoms with Crippen molar-refractivity contribution in [3.8, 4) is 5.75 Å². The molecular weight excluding hydrogens is 238 g/mol. The Morgan fingerprint density at radius 2 is 1.79 bits per heavy atom. The minimum atomic E-state index is 0.466. The van der Waals surface area contributed by atoms with Crippen molar-refractivity contribution < 1.29 is 9.47 Å². The van der Waals surface area contributed by atoms with Crippen molar-refractivity contribution in [2.45, 2.75) is 43.9 Å². The van der Waals surface area contributed by atoms with Crippen molar-refractivity contribution >= 4 is 0 Å². The Morgan fingerprint density at radius 1 is 1.11 bits per heavy atom. The molecule has 1 N–H and O–H groups in total. The molecule has 1 aromatic carbocycles. The summed E-state index contributed by atoms with van der Waals surface area (Å²) in [5.41, 5.74) is 1.39. The smallest absolute Gasteiger partial charge is 0.118 e. The predicted octanol–water partition coefficient (Wildman–Crippen LogP) is 2.91. The Kier molecular flexibility index (Phi) is 3.76. The van der Waals surface area contributed by atoms with Crippen LogP contribution < -0.4 is 10.1 Å². The lowest BCUT2D eigenvalue weighted by molar-refractivity contribution is 0.0133. The maximum atomic E-state index is 5.35. The number of methoxy groups -OCH3 is 2. The third-order valence-corrected chi connectivity index (χ3v) is 4.41. The van der Waals surface area contributed by atoms with Crippen LogP contribution >= 0.6 is 0 Å². The van der Waals surface area contributed by atoms with Gasteiger partial charge in [-0.2, -0.15) is 0 Å². The second-order valence-corrected chi connectivity index (χ2v) is 5.78. The fourth-order valence-electron chi connectivity index (χ4n) is 2.89. The summed E-state index contributed by atoms with van der Waals surface area (Å²) >= 11 is 0. The van der Waals surface area contributed by atoms with Gasteiger partial charge in [0.1, 0.15) is 5.75 Å². The monoisotopic (exact) mass is 261 g/mol. The molecule has 19 heavy (non-hydrogen) atoms. The average Bonchev–Trinajstić information content (AvgIpc) is 3.22. The Balaban J connectivity index is 1.63. The first kappa shape index (κ1) is 12.9. The van der Waals surface area contributed by atoms with Gasteiger partial charge >= 0.3 is 0 Å². The van der Waals surface area contributed by atoms with Gasteiger partial charge in [-0.3, -0.25) is 0 Å². The molecule has 0 heterocycles. The van der Waals surface area contributed by atoms with E-state index in [1.807, 2.05) is 7.11 Å². The maximum Gasteiger partial charge on any atom is 0.118 e. The third-order valence-electron chi connectivity index (χ3n) is 4.41. The topological polar surface area (TPSA) is 30.5 Å². The van der Waals surface area contributed by atoms with Crippen LogP contribution in [0.4, 0.5) is 0 Å². The fourth-order valence-corrected chi connectivity index (χ4v) is 2.89. The molecule has 1 unspecified atom stereocenters. The van der Waals surface area contributed by atoms with Gasteiger partial charge in [0.05, 0.1) is 13.2 Å². The molecule has 0 spiro atoms. The van der Waals surface area contributed by atoms with Gasteiger partial charge in [-0.25, -0.2) is 0 Å². The lowest BCUT2D eigenvalue weighted by atomic mass is 9.87. The van der Waals surface area contributed by atoms with E-state index >= 15 is 0 Å². The largest absolute Gasteiger partial charge is 0.497 e. The molecule has 0 saturated heterocycles. The van der Waals surface area contributed by atoms with E-state index in [1.165, 1.54) is 18.4 Å². The molecule has 0 bridgehead atoms. The van der Waals surface area contributed by atoms with E-state index in [1.54, 1.807) is 7.11 Å². The SMILES string of the molecule is COc1ccc(C(NC2CC(OC)C2)C2CC2)cc1. The molecule has 2 aliphatic rings. The molecule has 1 atom stereocenters. The first-order chi connectivity index (χ1) is 9.30. The van der Waals surface area contributed by atoms with Crippen LogP contribution in [0.2, 0.25) is 0 Å². The molecule has 3 nitrogen and oxygen atoms in total. The number of hydrogen-bond acceptors (Lipinski definition) is 3. The van der Waals surface area contributed by atoms with E-state index in [0.29, 0.717) is 18.2 Å². The van der Waals surface area contributed by atoms with Crippen LogP contribution in [0.5, 0.6) is 5.75 Å². The molecule has 3 rings (SSSR count). The molecule has 2 aliphatic carbocycles. The number of ether oxygens (including phenoxy) is 2. The summed E-state index contributed by atoms with van der Waals surface area (Å²) in [6.07, 6.45) is 5.47. The second kappa shape index (κ2) is 5.51. The Hall–Kier alpha value is -1.06. The van der Waals surface area contributed by atoms with Crippen molar-refractivity contribution in [1.82, 2.24) is 5.32 Å². The molecular formula is C16H23NO2. The summed E-state index contributed by atoms with van der Waals surface area (Å²) in [6.45, 7) is 0. The van der Waals surface area contributed by atoms with Gasteiger partial charge in [0.15, 0.2) is 0 Å². The Labute approximate surface area is 115 Å². The Bertz CT molecular complexity index is 407. The normalized spacial score (nSPS) is 27.7. The van der Waals surface area contributed by atoms with Crippen molar-refractivity contribution in [3.63, 3.8) is 0 Å². The number of nitrogens with one attached hydrogen (secondary N) is 1. The highest BCUT2D eigenvalue weighted by atomic mass is 16.5. The van der Waals surface area contributed by atoms with Gasteiger partial charge in [0.2, 0.25) is 0 Å². The van der Waals surface area contributed by atoms with E-state index < -0.39 is 0 Å². The van der Waals surface area contributed by atoms with E-state index in [2.05, 4.69) is 29.6 Å². The molecule has 0 amide bonds. The van der Waals surface area contributed by atoms with Crippen LogP contribution in [0.15, 0.2) is 24.3 Å². The minimum absolute atomic E-state index is 0.466. The summed E-state index contributed by atoms with van der Waals surface area (Å²) in [4.78, 5) is 0. The van der Waals surface area contributed by atoms with Crippen molar-refractivity contribution in [2.75, 3.05) is 14.2 Å². The summed E-state index contributed by atoms with van der Waals surface area (Å²) in [5, 5.41) is 3.81. The third kappa shape index (κ3) is 2.93. The van der Waals surface area contributed by atoms with Crippen molar-refractivity contribution in [2.24, 2.45) is 5.92 Å². The number of hydrogen-bond donors (Lipinski definition) is 1. The second-order valence-electron chi connectivity index (χ2n) is 5.78. The molecule has 3 heteroatoms. The Morgan fingerprint density at radius 3 is 2.32 bits per heavy atom. The van der Waals surface area contributed by atoms with Gasteiger partial charge in [-0.15, -0.1) is 0 Å². The van der Waals surface area contributed by atoms with Crippen LogP contribution in [0.25, 0.3) is 0 Å². The molecule has 2 saturated carbocycles. The molecule has 0 aliphatic heterocycles. The van der Waals surface area contributed by atoms with Crippen molar-refractivity contribution in [3.05, 3.63) is 29.8 Å². The van der Waals surface area contributed by atoms with Crippen molar-refractivity contribution in [1.29, 1.82) is 0 Å². The highest BCUT2D eigenvalue weighted by molar-refractivity contribution is 5.30. The molecule has 0 aromatic heterocycles. The predicted molar refractivity (Wildman–Crippen MR) is 75.4 cm³/mol. The summed E-state index contributed by atoms with van der Waals surface area (Å²) < 4.78 is 10.6. The van der Waals surface area contributed by atoms with E-state index in [0.717, 1.165) is 24.5 Å². The highest BCUT2D eigenvalue weighted by Crippen LogP contribution is 2.42. The van der Waals surface area contributed by atoms with Crippen LogP contribution in [-0.4, -0.2) is 26.4 Å². The van der Waals surface area contributed by atoms with E-state index in [-0.39, 0.29) is 0 Å². The van der Waals surface area contributed by atoms with Crippen LogP contribution in [0.1, 0.15) is 37.3 Å². The molecule has 2 fully saturated rings. The van der Waals surface area contributed by atoms with E-state index in [4.69, 9.17) is 9.47 Å². The number of benzene rings is 1. The summed E-state index contributed by atoms with van der Waals surface area (Å²) in [6, 6.07) is 9.64. The number of rotatable bonds is 6. The van der Waals surface area contributed by atoms with Crippen LogP contribution in [-0.2, 0) is 4.74 Å². The fraction of sp³-hybridized carbons (Fsp3) is 0.625. The molecule has 104 valence electrons. The zero-order valence-electron chi connectivity index (χ0n) is 11.8. The van der Waals surface area contributed by atoms with Crippen LogP contribution in [0.3, 0.4) is 0 Å². The summed E-state index contributed by atoms with van der Waals surface area (Å²) in [7, 11) is 3.52. The minimum Gasteiger partial charge on any atom is -0.497 e. The standard InChI is InChI=1S/C16H23NO2/c1-18-14-7-5-12(6-8-14)16(11-3-4-11)17-13-9-15(10-13)19-2/h5-8,11,13,15-17H,3-4,9-10H2,1-2H3. The quantitative estimate of drug-likeness (QED) is 0.854. The lowest BCUT2D eigenvalue weighted by Gasteiger charge is -2.37. The zero-order valence-corrected chi connectivity index (χ0v) is 11.8. The van der Waals surface area contributed by atoms with Crippen LogP contribution in [0, 0.1) is 5.92 Å². The average molecular weight is 261 g/mol. The maximum absolute atomic E-state index is 5.35. The van der Waals surface area contributed by atoms with Gasteiger partial charge in [-0.1, -0.05) is 12.1 Å². The summed E-state index contributed by atoms with van der Waals surface area (Å²) in [5.74, 6) is 1.75. The lowest BCUT2D eigenvalue weighted by Crippen LogP contribution is -2.46.